The largest absolute Gasteiger partial charge is 0.368 e. The molecular weight excluding hydrogens is 170 g/mol. The number of nitrogens with two attached hydrogens (primary N) is 2. The van der Waals surface area contributed by atoms with Gasteiger partial charge in [0.15, 0.2) is 0 Å². The van der Waals surface area contributed by atoms with E-state index in [4.69, 9.17) is 11.5 Å². The van der Waals surface area contributed by atoms with Crippen molar-refractivity contribution in [3.8, 4) is 0 Å². The molecule has 2 unspecified atom stereocenters. The van der Waals surface area contributed by atoms with Gasteiger partial charge in [0.25, 0.3) is 0 Å². The van der Waals surface area contributed by atoms with Gasteiger partial charge in [-0.3, -0.25) is 9.59 Å². The van der Waals surface area contributed by atoms with E-state index in [0.29, 0.717) is 13.0 Å². The van der Waals surface area contributed by atoms with Crippen LogP contribution >= 0.6 is 0 Å². The van der Waals surface area contributed by atoms with Crippen LogP contribution in [0.4, 0.5) is 0 Å². The molecule has 5 N–H and O–H groups in total. The molecule has 0 aliphatic heterocycles. The number of carbonyl (C=O) groups is 2. The molecule has 0 bridgehead atoms. The van der Waals surface area contributed by atoms with Crippen molar-refractivity contribution in [2.24, 2.45) is 17.4 Å². The first-order valence-electron chi connectivity index (χ1n) is 4.28. The maximum absolute atomic E-state index is 11.3. The van der Waals surface area contributed by atoms with Crippen LogP contribution in [0, 0.1) is 5.92 Å². The lowest BCUT2D eigenvalue weighted by Gasteiger charge is -2.14. The summed E-state index contributed by atoms with van der Waals surface area (Å²) in [6.45, 7) is 3.77. The second-order valence-corrected chi connectivity index (χ2v) is 3.11. The minimum Gasteiger partial charge on any atom is -0.368 e. The predicted molar refractivity (Wildman–Crippen MR) is 49.6 cm³/mol. The van der Waals surface area contributed by atoms with Crippen molar-refractivity contribution in [2.75, 3.05) is 6.54 Å². The number of hydrogen-bond acceptors (Lipinski definition) is 3. The quantitative estimate of drug-likeness (QED) is 0.512. The highest BCUT2D eigenvalue weighted by atomic mass is 16.2. The van der Waals surface area contributed by atoms with Gasteiger partial charge in [0, 0.05) is 5.92 Å². The number of carbonyl (C=O) groups excluding carboxylic acids is 2. The molecule has 0 heterocycles. The highest BCUT2D eigenvalue weighted by Gasteiger charge is 2.16. The zero-order chi connectivity index (χ0) is 10.4. The van der Waals surface area contributed by atoms with E-state index in [-0.39, 0.29) is 11.8 Å². The molecule has 0 aromatic rings. The summed E-state index contributed by atoms with van der Waals surface area (Å²) in [7, 11) is 0. The van der Waals surface area contributed by atoms with Crippen LogP contribution in [0.3, 0.4) is 0 Å². The van der Waals surface area contributed by atoms with Crippen molar-refractivity contribution >= 4 is 11.8 Å². The monoisotopic (exact) mass is 187 g/mol. The molecule has 0 aromatic carbocycles. The second kappa shape index (κ2) is 5.53. The Hall–Kier alpha value is -1.10. The van der Waals surface area contributed by atoms with Crippen molar-refractivity contribution in [3.05, 3.63) is 0 Å². The standard InChI is InChI=1S/C8H17N3O2/c1-5(3-4-9)8(13)11-6(2)7(10)12/h5-6H,3-4,9H2,1-2H3,(H2,10,12)(H,11,13). The van der Waals surface area contributed by atoms with Gasteiger partial charge < -0.3 is 16.8 Å². The summed E-state index contributed by atoms with van der Waals surface area (Å²) in [5, 5.41) is 2.49. The van der Waals surface area contributed by atoms with Gasteiger partial charge >= 0.3 is 0 Å². The molecule has 5 nitrogen and oxygen atoms in total. The molecule has 76 valence electrons. The van der Waals surface area contributed by atoms with Gasteiger partial charge in [0.05, 0.1) is 0 Å². The molecule has 13 heavy (non-hydrogen) atoms. The molecule has 0 aromatic heterocycles. The molecule has 0 fully saturated rings. The molecular formula is C8H17N3O2. The van der Waals surface area contributed by atoms with Crippen LogP contribution < -0.4 is 16.8 Å². The average Bonchev–Trinajstić information content (AvgIpc) is 2.04. The summed E-state index contributed by atoms with van der Waals surface area (Å²) in [5.41, 5.74) is 10.3. The molecule has 0 radical (unpaired) electrons. The van der Waals surface area contributed by atoms with Crippen molar-refractivity contribution in [1.82, 2.24) is 5.32 Å². The lowest BCUT2D eigenvalue weighted by Crippen LogP contribution is -2.44. The number of hydrogen-bond donors (Lipinski definition) is 3. The summed E-state index contributed by atoms with van der Waals surface area (Å²) < 4.78 is 0. The van der Waals surface area contributed by atoms with Gasteiger partial charge in [0.1, 0.15) is 6.04 Å². The first-order chi connectivity index (χ1) is 5.99. The van der Waals surface area contributed by atoms with E-state index in [1.54, 1.807) is 13.8 Å². The third-order valence-corrected chi connectivity index (χ3v) is 1.83. The Balaban J connectivity index is 3.92. The normalized spacial score (nSPS) is 14.7. The predicted octanol–water partition coefficient (Wildman–Crippen LogP) is -1.04. The van der Waals surface area contributed by atoms with E-state index in [1.807, 2.05) is 0 Å². The Morgan fingerprint density at radius 2 is 1.92 bits per heavy atom. The lowest BCUT2D eigenvalue weighted by molar-refractivity contribution is -0.129. The summed E-state index contributed by atoms with van der Waals surface area (Å²) in [5.74, 6) is -0.892. The topological polar surface area (TPSA) is 98.2 Å². The van der Waals surface area contributed by atoms with E-state index in [9.17, 15) is 9.59 Å². The summed E-state index contributed by atoms with van der Waals surface area (Å²) >= 11 is 0. The fraction of sp³-hybridized carbons (Fsp3) is 0.750. The summed E-state index contributed by atoms with van der Waals surface area (Å²) in [4.78, 5) is 21.9. The average molecular weight is 187 g/mol. The Labute approximate surface area is 77.8 Å². The molecule has 0 aliphatic rings. The number of rotatable bonds is 5. The maximum atomic E-state index is 11.3. The van der Waals surface area contributed by atoms with E-state index < -0.39 is 11.9 Å². The first kappa shape index (κ1) is 11.9. The molecule has 5 heteroatoms. The van der Waals surface area contributed by atoms with Crippen molar-refractivity contribution in [3.63, 3.8) is 0 Å². The van der Waals surface area contributed by atoms with E-state index in [1.165, 1.54) is 0 Å². The minimum absolute atomic E-state index is 0.174. The van der Waals surface area contributed by atoms with Gasteiger partial charge in [-0.1, -0.05) is 6.92 Å². The van der Waals surface area contributed by atoms with Crippen LogP contribution in [0.2, 0.25) is 0 Å². The van der Waals surface area contributed by atoms with Crippen molar-refractivity contribution in [1.29, 1.82) is 0 Å². The molecule has 0 saturated carbocycles. The van der Waals surface area contributed by atoms with Crippen LogP contribution in [0.5, 0.6) is 0 Å². The van der Waals surface area contributed by atoms with Gasteiger partial charge in [-0.2, -0.15) is 0 Å². The van der Waals surface area contributed by atoms with Gasteiger partial charge in [-0.05, 0) is 19.9 Å². The Bertz CT molecular complexity index is 194. The summed E-state index contributed by atoms with van der Waals surface area (Å²) in [6, 6.07) is -0.618. The van der Waals surface area contributed by atoms with Crippen LogP contribution in [0.15, 0.2) is 0 Å². The SMILES string of the molecule is CC(CCN)C(=O)NC(C)C(N)=O. The van der Waals surface area contributed by atoms with Crippen molar-refractivity contribution < 1.29 is 9.59 Å². The molecule has 2 amide bonds. The smallest absolute Gasteiger partial charge is 0.239 e. The highest BCUT2D eigenvalue weighted by Crippen LogP contribution is 1.99. The third kappa shape index (κ3) is 4.47. The Morgan fingerprint density at radius 3 is 2.31 bits per heavy atom. The van der Waals surface area contributed by atoms with Crippen LogP contribution in [-0.2, 0) is 9.59 Å². The fourth-order valence-corrected chi connectivity index (χ4v) is 0.808. The summed E-state index contributed by atoms with van der Waals surface area (Å²) in [6.07, 6.45) is 0.608. The molecule has 0 spiro atoms. The fourth-order valence-electron chi connectivity index (χ4n) is 0.808. The molecule has 0 saturated heterocycles. The van der Waals surface area contributed by atoms with Crippen molar-refractivity contribution in [2.45, 2.75) is 26.3 Å². The van der Waals surface area contributed by atoms with E-state index in [0.717, 1.165) is 0 Å². The number of nitrogens with one attached hydrogen (secondary N) is 1. The number of primary amides is 1. The molecule has 0 aliphatic carbocycles. The maximum Gasteiger partial charge on any atom is 0.239 e. The van der Waals surface area contributed by atoms with Gasteiger partial charge in [-0.25, -0.2) is 0 Å². The van der Waals surface area contributed by atoms with Crippen LogP contribution in [-0.4, -0.2) is 24.4 Å². The second-order valence-electron chi connectivity index (χ2n) is 3.11. The van der Waals surface area contributed by atoms with E-state index >= 15 is 0 Å². The zero-order valence-electron chi connectivity index (χ0n) is 8.04. The Morgan fingerprint density at radius 1 is 1.38 bits per heavy atom. The van der Waals surface area contributed by atoms with Gasteiger partial charge in [-0.15, -0.1) is 0 Å². The van der Waals surface area contributed by atoms with Crippen LogP contribution in [0.1, 0.15) is 20.3 Å². The molecule has 2 atom stereocenters. The van der Waals surface area contributed by atoms with Crippen LogP contribution in [0.25, 0.3) is 0 Å². The minimum atomic E-state index is -0.618. The zero-order valence-corrected chi connectivity index (χ0v) is 8.04. The number of amides is 2. The highest BCUT2D eigenvalue weighted by molar-refractivity contribution is 5.87. The van der Waals surface area contributed by atoms with E-state index in [2.05, 4.69) is 5.32 Å². The van der Waals surface area contributed by atoms with Gasteiger partial charge in [0.2, 0.25) is 11.8 Å². The molecule has 0 rings (SSSR count). The third-order valence-electron chi connectivity index (χ3n) is 1.83. The first-order valence-corrected chi connectivity index (χ1v) is 4.28. The Kier molecular flexibility index (Phi) is 5.06. The lowest BCUT2D eigenvalue weighted by atomic mass is 10.1.